The van der Waals surface area contributed by atoms with E-state index < -0.39 is 5.97 Å². The van der Waals surface area contributed by atoms with E-state index in [0.29, 0.717) is 17.8 Å². The number of fused-ring (bicyclic) bond motifs is 4. The second kappa shape index (κ2) is 7.10. The van der Waals surface area contributed by atoms with Gasteiger partial charge in [-0.1, -0.05) is 54.1 Å². The highest BCUT2D eigenvalue weighted by Crippen LogP contribution is 2.51. The number of carboxylic acids is 1. The van der Waals surface area contributed by atoms with Gasteiger partial charge in [-0.2, -0.15) is 0 Å². The van der Waals surface area contributed by atoms with Crippen molar-refractivity contribution in [3.05, 3.63) is 89.0 Å². The van der Waals surface area contributed by atoms with E-state index in [1.807, 2.05) is 24.3 Å². The summed E-state index contributed by atoms with van der Waals surface area (Å²) in [7, 11) is 0. The van der Waals surface area contributed by atoms with E-state index in [1.165, 1.54) is 24.0 Å². The molecule has 2 unspecified atom stereocenters. The molecule has 3 aromatic rings. The number of benzene rings is 3. The molecule has 3 aromatic carbocycles. The number of ether oxygens (including phenoxy) is 1. The Hall–Kier alpha value is -3.37. The number of carboxylic acid groups (broad SMARTS) is 1. The average molecular weight is 409 g/mol. The summed E-state index contributed by atoms with van der Waals surface area (Å²) < 4.78 is 6.43. The first-order valence-corrected chi connectivity index (χ1v) is 10.9. The van der Waals surface area contributed by atoms with E-state index >= 15 is 0 Å². The average Bonchev–Trinajstić information content (AvgIpc) is 3.14. The number of piperidine rings is 1. The maximum absolute atomic E-state index is 11.6. The third-order valence-corrected chi connectivity index (χ3v) is 6.75. The predicted octanol–water partition coefficient (Wildman–Crippen LogP) is 5.87. The minimum Gasteiger partial charge on any atom is -0.478 e. The molecule has 2 fully saturated rings. The summed E-state index contributed by atoms with van der Waals surface area (Å²) in [5, 5.41) is 13.3. The van der Waals surface area contributed by atoms with Gasteiger partial charge in [-0.25, -0.2) is 4.79 Å². The molecule has 2 atom stereocenters. The lowest BCUT2D eigenvalue weighted by molar-refractivity contribution is 0.0696. The monoisotopic (exact) mass is 409 g/mol. The number of rotatable bonds is 2. The summed E-state index contributed by atoms with van der Waals surface area (Å²) in [5.74, 6) is 0.504. The summed E-state index contributed by atoms with van der Waals surface area (Å²) in [6.07, 6.45) is 4.50. The molecule has 2 bridgehead atoms. The fourth-order valence-corrected chi connectivity index (χ4v) is 5.38. The molecule has 6 rings (SSSR count). The van der Waals surface area contributed by atoms with Crippen LogP contribution in [-0.4, -0.2) is 23.2 Å². The second-order valence-corrected chi connectivity index (χ2v) is 8.69. The molecule has 0 radical (unpaired) electrons. The van der Waals surface area contributed by atoms with E-state index in [9.17, 15) is 9.90 Å². The van der Waals surface area contributed by atoms with Crippen LogP contribution in [0.4, 0.5) is 0 Å². The Kier molecular flexibility index (Phi) is 4.22. The minimum absolute atomic E-state index is 0.245. The highest BCUT2D eigenvalue weighted by Gasteiger charge is 2.35. The normalized spacial score (nSPS) is 21.3. The van der Waals surface area contributed by atoms with Gasteiger partial charge in [0.25, 0.3) is 0 Å². The molecule has 0 saturated carbocycles. The predicted molar refractivity (Wildman–Crippen MR) is 121 cm³/mol. The number of para-hydroxylation sites is 1. The zero-order chi connectivity index (χ0) is 20.9. The molecule has 2 N–H and O–H groups in total. The SMILES string of the molecule is O=C(O)c1ccc2c(c1)Oc1c(cccc1-c1ccccc1)C2=C1CC2CCC(C1)N2. The minimum atomic E-state index is -0.942. The Bertz CT molecular complexity index is 1210. The van der Waals surface area contributed by atoms with Crippen LogP contribution in [0, 0.1) is 0 Å². The molecule has 0 amide bonds. The summed E-state index contributed by atoms with van der Waals surface area (Å²) in [6, 6.07) is 22.9. The summed E-state index contributed by atoms with van der Waals surface area (Å²) >= 11 is 0. The van der Waals surface area contributed by atoms with Gasteiger partial charge in [-0.15, -0.1) is 0 Å². The number of aromatic carboxylic acids is 1. The Morgan fingerprint density at radius 3 is 2.35 bits per heavy atom. The lowest BCUT2D eigenvalue weighted by Gasteiger charge is -2.31. The van der Waals surface area contributed by atoms with Crippen molar-refractivity contribution in [3.8, 4) is 22.6 Å². The van der Waals surface area contributed by atoms with Crippen molar-refractivity contribution in [1.29, 1.82) is 0 Å². The molecule has 4 heteroatoms. The Balaban J connectivity index is 1.60. The van der Waals surface area contributed by atoms with Crippen molar-refractivity contribution in [2.45, 2.75) is 37.8 Å². The van der Waals surface area contributed by atoms with Crippen molar-refractivity contribution in [1.82, 2.24) is 5.32 Å². The molecule has 0 aliphatic carbocycles. The lowest BCUT2D eigenvalue weighted by atomic mass is 9.83. The Morgan fingerprint density at radius 1 is 0.871 bits per heavy atom. The van der Waals surface area contributed by atoms with Gasteiger partial charge in [0.2, 0.25) is 0 Å². The third-order valence-electron chi connectivity index (χ3n) is 6.75. The molecule has 0 aromatic heterocycles. The zero-order valence-corrected chi connectivity index (χ0v) is 17.1. The highest BCUT2D eigenvalue weighted by atomic mass is 16.5. The molecule has 3 aliphatic heterocycles. The molecular weight excluding hydrogens is 386 g/mol. The molecule has 31 heavy (non-hydrogen) atoms. The van der Waals surface area contributed by atoms with Gasteiger partial charge in [0.15, 0.2) is 0 Å². The fraction of sp³-hybridized carbons (Fsp3) is 0.222. The van der Waals surface area contributed by atoms with Crippen molar-refractivity contribution in [2.24, 2.45) is 0 Å². The van der Waals surface area contributed by atoms with Crippen molar-refractivity contribution < 1.29 is 14.6 Å². The first-order valence-electron chi connectivity index (χ1n) is 10.9. The maximum atomic E-state index is 11.6. The molecule has 4 nitrogen and oxygen atoms in total. The van der Waals surface area contributed by atoms with Crippen LogP contribution >= 0.6 is 0 Å². The topological polar surface area (TPSA) is 58.6 Å². The van der Waals surface area contributed by atoms with Crippen LogP contribution in [0.3, 0.4) is 0 Å². The molecule has 3 aliphatic rings. The maximum Gasteiger partial charge on any atom is 0.335 e. The molecule has 154 valence electrons. The summed E-state index contributed by atoms with van der Waals surface area (Å²) in [6.45, 7) is 0. The van der Waals surface area contributed by atoms with Gasteiger partial charge in [-0.05, 0) is 55.0 Å². The van der Waals surface area contributed by atoms with E-state index in [2.05, 4.69) is 35.6 Å². The van der Waals surface area contributed by atoms with Gasteiger partial charge >= 0.3 is 5.97 Å². The van der Waals surface area contributed by atoms with E-state index in [1.54, 1.807) is 12.1 Å². The van der Waals surface area contributed by atoms with Gasteiger partial charge in [-0.3, -0.25) is 0 Å². The molecule has 3 heterocycles. The Morgan fingerprint density at radius 2 is 1.61 bits per heavy atom. The van der Waals surface area contributed by atoms with E-state index in [-0.39, 0.29) is 5.56 Å². The van der Waals surface area contributed by atoms with Gasteiger partial charge in [0.05, 0.1) is 5.56 Å². The first-order chi connectivity index (χ1) is 15.2. The molecule has 2 saturated heterocycles. The van der Waals surface area contributed by atoms with Crippen LogP contribution < -0.4 is 10.1 Å². The van der Waals surface area contributed by atoms with Crippen molar-refractivity contribution in [2.75, 3.05) is 0 Å². The standard InChI is InChI=1S/C27H23NO3/c29-27(30)17-9-12-22-24(15-17)31-26-21(16-5-2-1-3-6-16)7-4-8-23(26)25(22)18-13-19-10-11-20(14-18)28-19/h1-9,12,15,19-20,28H,10-11,13-14H2,(H,29,30). The number of hydrogen-bond acceptors (Lipinski definition) is 3. The van der Waals surface area contributed by atoms with Crippen LogP contribution in [-0.2, 0) is 0 Å². The summed E-state index contributed by atoms with van der Waals surface area (Å²) in [5.41, 5.74) is 7.14. The van der Waals surface area contributed by atoms with Crippen molar-refractivity contribution >= 4 is 11.5 Å². The second-order valence-electron chi connectivity index (χ2n) is 8.69. The number of hydrogen-bond donors (Lipinski definition) is 2. The largest absolute Gasteiger partial charge is 0.478 e. The fourth-order valence-electron chi connectivity index (χ4n) is 5.38. The quantitative estimate of drug-likeness (QED) is 0.434. The van der Waals surface area contributed by atoms with Crippen LogP contribution in [0.15, 0.2) is 72.3 Å². The van der Waals surface area contributed by atoms with Crippen molar-refractivity contribution in [3.63, 3.8) is 0 Å². The van der Waals surface area contributed by atoms with Gasteiger partial charge < -0.3 is 15.2 Å². The number of carbonyl (C=O) groups is 1. The lowest BCUT2D eigenvalue weighted by Crippen LogP contribution is -2.35. The molecule has 0 spiro atoms. The van der Waals surface area contributed by atoms with Crippen LogP contribution in [0.2, 0.25) is 0 Å². The van der Waals surface area contributed by atoms with Gasteiger partial charge in [0, 0.05) is 28.8 Å². The highest BCUT2D eigenvalue weighted by molar-refractivity contribution is 5.96. The Labute approximate surface area is 181 Å². The van der Waals surface area contributed by atoms with Crippen LogP contribution in [0.25, 0.3) is 16.7 Å². The van der Waals surface area contributed by atoms with Crippen LogP contribution in [0.5, 0.6) is 11.5 Å². The third kappa shape index (κ3) is 3.06. The zero-order valence-electron chi connectivity index (χ0n) is 17.1. The summed E-state index contributed by atoms with van der Waals surface area (Å²) in [4.78, 5) is 11.6. The van der Waals surface area contributed by atoms with Crippen LogP contribution in [0.1, 0.15) is 47.2 Å². The van der Waals surface area contributed by atoms with E-state index in [0.717, 1.165) is 40.8 Å². The smallest absolute Gasteiger partial charge is 0.335 e. The van der Waals surface area contributed by atoms with Gasteiger partial charge in [0.1, 0.15) is 11.5 Å². The van der Waals surface area contributed by atoms with E-state index in [4.69, 9.17) is 4.74 Å². The molecular formula is C27H23NO3. The first kappa shape index (κ1) is 18.4. The number of nitrogens with one attached hydrogen (secondary N) is 1.